The van der Waals surface area contributed by atoms with E-state index in [0.717, 1.165) is 37.4 Å². The summed E-state index contributed by atoms with van der Waals surface area (Å²) < 4.78 is 0. The fourth-order valence-electron chi connectivity index (χ4n) is 3.18. The Balaban J connectivity index is 1.84. The van der Waals surface area contributed by atoms with Crippen molar-refractivity contribution < 1.29 is 4.79 Å². The number of anilines is 1. The van der Waals surface area contributed by atoms with Gasteiger partial charge in [0.15, 0.2) is 5.82 Å². The lowest BCUT2D eigenvalue weighted by atomic mass is 9.92. The van der Waals surface area contributed by atoms with Crippen LogP contribution in [0.2, 0.25) is 0 Å². The van der Waals surface area contributed by atoms with Crippen LogP contribution in [0.3, 0.4) is 0 Å². The summed E-state index contributed by atoms with van der Waals surface area (Å²) in [4.78, 5) is 34.0. The third-order valence-corrected chi connectivity index (χ3v) is 4.70. The van der Waals surface area contributed by atoms with Crippen LogP contribution in [0.1, 0.15) is 38.3 Å². The van der Waals surface area contributed by atoms with Crippen LogP contribution >= 0.6 is 0 Å². The van der Waals surface area contributed by atoms with Crippen LogP contribution in [0.4, 0.5) is 5.82 Å². The van der Waals surface area contributed by atoms with E-state index in [2.05, 4.69) is 15.0 Å². The SMILES string of the molecule is CC(C)C(=O)N1CCC(c2cc(N(C)C)nc(-c3cnccn3)n2)CC1. The van der Waals surface area contributed by atoms with Gasteiger partial charge in [0.25, 0.3) is 0 Å². The van der Waals surface area contributed by atoms with Gasteiger partial charge in [-0.2, -0.15) is 0 Å². The van der Waals surface area contributed by atoms with Crippen molar-refractivity contribution in [3.63, 3.8) is 0 Å². The standard InChI is InChI=1S/C19H26N6O/c1-13(2)19(26)25-9-5-14(6-10-25)15-11-17(24(3)4)23-18(22-15)16-12-20-7-8-21-16/h7-8,11-14H,5-6,9-10H2,1-4H3. The molecule has 1 saturated heterocycles. The number of nitrogens with zero attached hydrogens (tertiary/aromatic N) is 6. The molecule has 0 bridgehead atoms. The lowest BCUT2D eigenvalue weighted by Crippen LogP contribution is -2.40. The Morgan fingerprint density at radius 1 is 1.19 bits per heavy atom. The molecule has 0 spiro atoms. The van der Waals surface area contributed by atoms with E-state index >= 15 is 0 Å². The average molecular weight is 354 g/mol. The van der Waals surface area contributed by atoms with Gasteiger partial charge in [-0.15, -0.1) is 0 Å². The minimum absolute atomic E-state index is 0.0502. The van der Waals surface area contributed by atoms with Gasteiger partial charge in [-0.25, -0.2) is 15.0 Å². The van der Waals surface area contributed by atoms with Crippen LogP contribution in [-0.4, -0.2) is 57.9 Å². The second-order valence-corrected chi connectivity index (χ2v) is 7.21. The first-order chi connectivity index (χ1) is 12.5. The molecule has 26 heavy (non-hydrogen) atoms. The van der Waals surface area contributed by atoms with E-state index in [1.807, 2.05) is 43.8 Å². The molecule has 2 aromatic heterocycles. The number of carbonyl (C=O) groups excluding carboxylic acids is 1. The van der Waals surface area contributed by atoms with E-state index in [0.29, 0.717) is 17.4 Å². The monoisotopic (exact) mass is 354 g/mol. The smallest absolute Gasteiger partial charge is 0.225 e. The van der Waals surface area contributed by atoms with Crippen LogP contribution in [0.25, 0.3) is 11.5 Å². The minimum Gasteiger partial charge on any atom is -0.363 e. The first-order valence-electron chi connectivity index (χ1n) is 9.07. The number of amides is 1. The van der Waals surface area contributed by atoms with Crippen molar-refractivity contribution in [3.8, 4) is 11.5 Å². The maximum absolute atomic E-state index is 12.2. The molecule has 0 N–H and O–H groups in total. The van der Waals surface area contributed by atoms with Gasteiger partial charge in [-0.1, -0.05) is 13.8 Å². The van der Waals surface area contributed by atoms with Gasteiger partial charge in [0.2, 0.25) is 5.91 Å². The molecule has 3 heterocycles. The Morgan fingerprint density at radius 2 is 1.92 bits per heavy atom. The van der Waals surface area contributed by atoms with Crippen molar-refractivity contribution >= 4 is 11.7 Å². The molecule has 0 aliphatic carbocycles. The number of piperidine rings is 1. The fraction of sp³-hybridized carbons (Fsp3) is 0.526. The van der Waals surface area contributed by atoms with E-state index in [1.165, 1.54) is 0 Å². The van der Waals surface area contributed by atoms with E-state index in [9.17, 15) is 4.79 Å². The van der Waals surface area contributed by atoms with Gasteiger partial charge in [-0.05, 0) is 12.8 Å². The summed E-state index contributed by atoms with van der Waals surface area (Å²) in [5, 5.41) is 0. The highest BCUT2D eigenvalue weighted by Crippen LogP contribution is 2.30. The summed E-state index contributed by atoms with van der Waals surface area (Å²) in [6.07, 6.45) is 6.81. The number of rotatable bonds is 4. The van der Waals surface area contributed by atoms with Gasteiger partial charge in [0.1, 0.15) is 11.5 Å². The quantitative estimate of drug-likeness (QED) is 0.839. The van der Waals surface area contributed by atoms with Crippen LogP contribution < -0.4 is 4.90 Å². The highest BCUT2D eigenvalue weighted by Gasteiger charge is 2.26. The molecular weight excluding hydrogens is 328 g/mol. The molecule has 0 saturated carbocycles. The molecule has 7 heteroatoms. The summed E-state index contributed by atoms with van der Waals surface area (Å²) in [6.45, 7) is 5.47. The number of aromatic nitrogens is 4. The van der Waals surface area contributed by atoms with Crippen LogP contribution in [0.5, 0.6) is 0 Å². The number of hydrogen-bond acceptors (Lipinski definition) is 6. The third-order valence-electron chi connectivity index (χ3n) is 4.70. The molecule has 3 rings (SSSR count). The van der Waals surface area contributed by atoms with E-state index in [4.69, 9.17) is 4.98 Å². The van der Waals surface area contributed by atoms with Crippen molar-refractivity contribution in [2.24, 2.45) is 5.92 Å². The summed E-state index contributed by atoms with van der Waals surface area (Å²) in [6, 6.07) is 2.05. The van der Waals surface area contributed by atoms with E-state index in [1.54, 1.807) is 18.6 Å². The summed E-state index contributed by atoms with van der Waals surface area (Å²) in [5.74, 6) is 2.06. The molecule has 1 amide bonds. The number of hydrogen-bond donors (Lipinski definition) is 0. The molecule has 0 radical (unpaired) electrons. The van der Waals surface area contributed by atoms with Crippen molar-refractivity contribution in [1.82, 2.24) is 24.8 Å². The second kappa shape index (κ2) is 7.76. The second-order valence-electron chi connectivity index (χ2n) is 7.21. The zero-order valence-corrected chi connectivity index (χ0v) is 15.9. The van der Waals surface area contributed by atoms with E-state index < -0.39 is 0 Å². The Labute approximate surface area is 154 Å². The van der Waals surface area contributed by atoms with Crippen LogP contribution in [0, 0.1) is 5.92 Å². The van der Waals surface area contributed by atoms with Gasteiger partial charge in [0, 0.05) is 63.2 Å². The van der Waals surface area contributed by atoms with Gasteiger partial charge in [0.05, 0.1) is 6.20 Å². The molecule has 2 aromatic rings. The van der Waals surface area contributed by atoms with Gasteiger partial charge in [-0.3, -0.25) is 9.78 Å². The molecule has 0 atom stereocenters. The number of carbonyl (C=O) groups is 1. The first-order valence-corrected chi connectivity index (χ1v) is 9.07. The Morgan fingerprint density at radius 3 is 2.50 bits per heavy atom. The van der Waals surface area contributed by atoms with Crippen molar-refractivity contribution in [2.75, 3.05) is 32.1 Å². The summed E-state index contributed by atoms with van der Waals surface area (Å²) in [5.41, 5.74) is 1.69. The minimum atomic E-state index is 0.0502. The Bertz CT molecular complexity index is 754. The normalized spacial score (nSPS) is 15.3. The van der Waals surface area contributed by atoms with Crippen LogP contribution in [0.15, 0.2) is 24.7 Å². The molecule has 1 fully saturated rings. The summed E-state index contributed by atoms with van der Waals surface area (Å²) >= 11 is 0. The molecule has 0 aromatic carbocycles. The zero-order valence-electron chi connectivity index (χ0n) is 15.9. The zero-order chi connectivity index (χ0) is 18.7. The van der Waals surface area contributed by atoms with Crippen molar-refractivity contribution in [3.05, 3.63) is 30.4 Å². The van der Waals surface area contributed by atoms with Crippen molar-refractivity contribution in [2.45, 2.75) is 32.6 Å². The predicted octanol–water partition coefficient (Wildman–Crippen LogP) is 2.36. The lowest BCUT2D eigenvalue weighted by Gasteiger charge is -2.33. The third kappa shape index (κ3) is 3.98. The highest BCUT2D eigenvalue weighted by atomic mass is 16.2. The largest absolute Gasteiger partial charge is 0.363 e. The first kappa shape index (κ1) is 18.2. The predicted molar refractivity (Wildman–Crippen MR) is 101 cm³/mol. The maximum atomic E-state index is 12.2. The summed E-state index contributed by atoms with van der Waals surface area (Å²) in [7, 11) is 3.94. The van der Waals surface area contributed by atoms with Crippen molar-refractivity contribution in [1.29, 1.82) is 0 Å². The molecule has 7 nitrogen and oxygen atoms in total. The molecular formula is C19H26N6O. The Hall–Kier alpha value is -2.57. The molecule has 0 unspecified atom stereocenters. The van der Waals surface area contributed by atoms with E-state index in [-0.39, 0.29) is 11.8 Å². The molecule has 138 valence electrons. The maximum Gasteiger partial charge on any atom is 0.225 e. The molecule has 1 aliphatic heterocycles. The fourth-order valence-corrected chi connectivity index (χ4v) is 3.18. The Kier molecular flexibility index (Phi) is 5.44. The highest BCUT2D eigenvalue weighted by molar-refractivity contribution is 5.78. The average Bonchev–Trinajstić information content (AvgIpc) is 2.67. The van der Waals surface area contributed by atoms with Gasteiger partial charge >= 0.3 is 0 Å². The topological polar surface area (TPSA) is 75.1 Å². The molecule has 1 aliphatic rings. The van der Waals surface area contributed by atoms with Crippen LogP contribution in [-0.2, 0) is 4.79 Å². The lowest BCUT2D eigenvalue weighted by molar-refractivity contribution is -0.135. The number of likely N-dealkylation sites (tertiary alicyclic amines) is 1. The van der Waals surface area contributed by atoms with Gasteiger partial charge < -0.3 is 9.80 Å².